The number of carbonyl (C=O) groups is 2. The van der Waals surface area contributed by atoms with Crippen molar-refractivity contribution < 1.29 is 19.8 Å². The molecule has 0 amide bonds. The lowest BCUT2D eigenvalue weighted by Gasteiger charge is -2.11. The van der Waals surface area contributed by atoms with E-state index in [1.165, 1.54) is 0 Å². The number of Topliss-reactive ketones (excluding diaryl/α,β-unsaturated/α-hetero) is 1. The number of aromatic hydroxyl groups is 1. The minimum atomic E-state index is -0.983. The average Bonchev–Trinajstić information content (AvgIpc) is 2.28. The normalized spacial score (nSPS) is 10.3. The van der Waals surface area contributed by atoms with Gasteiger partial charge in [0, 0.05) is 12.0 Å². The summed E-state index contributed by atoms with van der Waals surface area (Å²) < 4.78 is 0. The fourth-order valence-electron chi connectivity index (χ4n) is 1.71. The van der Waals surface area contributed by atoms with Crippen LogP contribution in [0.1, 0.15) is 39.9 Å². The summed E-state index contributed by atoms with van der Waals surface area (Å²) >= 11 is 0. The fraction of sp³-hybridized carbons (Fsp3) is 0.385. The minimum Gasteiger partial charge on any atom is -0.507 e. The van der Waals surface area contributed by atoms with Gasteiger partial charge in [0.05, 0.1) is 6.42 Å². The quantitative estimate of drug-likeness (QED) is 0.787. The molecule has 0 fully saturated rings. The highest BCUT2D eigenvalue weighted by atomic mass is 16.4. The van der Waals surface area contributed by atoms with Gasteiger partial charge in [0.1, 0.15) is 5.75 Å². The van der Waals surface area contributed by atoms with Crippen LogP contribution in [0.2, 0.25) is 0 Å². The van der Waals surface area contributed by atoms with Crippen LogP contribution in [-0.4, -0.2) is 22.0 Å². The predicted octanol–water partition coefficient (Wildman–Crippen LogP) is 2.36. The molecule has 4 heteroatoms. The van der Waals surface area contributed by atoms with Crippen molar-refractivity contribution in [2.24, 2.45) is 0 Å². The summed E-state index contributed by atoms with van der Waals surface area (Å²) in [6.07, 6.45) is -0.183. The molecule has 1 aromatic rings. The summed E-state index contributed by atoms with van der Waals surface area (Å²) in [5.74, 6) is -0.989. The number of aliphatic carboxylic acids is 1. The fourth-order valence-corrected chi connectivity index (χ4v) is 1.71. The molecule has 0 aliphatic heterocycles. The standard InChI is InChI=1S/C13H16O4/c1-7-6-10(8(2)9(3)13(7)17)11(14)4-5-12(15)16/h6,17H,4-5H2,1-3H3,(H,15,16). The third-order valence-corrected chi connectivity index (χ3v) is 2.92. The number of hydrogen-bond acceptors (Lipinski definition) is 3. The highest BCUT2D eigenvalue weighted by Crippen LogP contribution is 2.28. The summed E-state index contributed by atoms with van der Waals surface area (Å²) in [4.78, 5) is 22.3. The molecular weight excluding hydrogens is 220 g/mol. The first-order valence-corrected chi connectivity index (χ1v) is 5.39. The maximum atomic E-state index is 11.8. The van der Waals surface area contributed by atoms with Gasteiger partial charge in [-0.1, -0.05) is 0 Å². The van der Waals surface area contributed by atoms with E-state index >= 15 is 0 Å². The Bertz CT molecular complexity index is 475. The zero-order valence-electron chi connectivity index (χ0n) is 10.2. The van der Waals surface area contributed by atoms with Gasteiger partial charge in [-0.2, -0.15) is 0 Å². The van der Waals surface area contributed by atoms with Crippen LogP contribution in [-0.2, 0) is 4.79 Å². The van der Waals surface area contributed by atoms with E-state index in [9.17, 15) is 14.7 Å². The van der Waals surface area contributed by atoms with Crippen LogP contribution in [0.4, 0.5) is 0 Å². The average molecular weight is 236 g/mol. The van der Waals surface area contributed by atoms with Crippen molar-refractivity contribution in [3.05, 3.63) is 28.3 Å². The molecule has 0 aromatic heterocycles. The summed E-state index contributed by atoms with van der Waals surface area (Å²) in [6.45, 7) is 5.21. The van der Waals surface area contributed by atoms with Crippen molar-refractivity contribution >= 4 is 11.8 Å². The third kappa shape index (κ3) is 2.84. The molecule has 1 rings (SSSR count). The van der Waals surface area contributed by atoms with Gasteiger partial charge in [-0.05, 0) is 43.5 Å². The molecule has 0 heterocycles. The first-order chi connectivity index (χ1) is 7.84. The Balaban J connectivity index is 3.06. The third-order valence-electron chi connectivity index (χ3n) is 2.92. The molecule has 1 aromatic carbocycles. The van der Waals surface area contributed by atoms with Crippen LogP contribution in [0.15, 0.2) is 6.07 Å². The molecule has 0 unspecified atom stereocenters. The minimum absolute atomic E-state index is 0.0141. The van der Waals surface area contributed by atoms with Gasteiger partial charge in [0.15, 0.2) is 5.78 Å². The Hall–Kier alpha value is -1.84. The Labute approximate surface area is 99.9 Å². The molecule has 0 radical (unpaired) electrons. The molecule has 0 aliphatic carbocycles. The lowest BCUT2D eigenvalue weighted by Crippen LogP contribution is -2.07. The number of phenols is 1. The second-order valence-corrected chi connectivity index (χ2v) is 4.16. The monoisotopic (exact) mass is 236 g/mol. The van der Waals surface area contributed by atoms with Crippen LogP contribution in [0.3, 0.4) is 0 Å². The molecule has 92 valence electrons. The number of rotatable bonds is 4. The van der Waals surface area contributed by atoms with E-state index < -0.39 is 5.97 Å². The zero-order chi connectivity index (χ0) is 13.2. The van der Waals surface area contributed by atoms with E-state index in [1.54, 1.807) is 26.8 Å². The van der Waals surface area contributed by atoms with Gasteiger partial charge >= 0.3 is 5.97 Å². The van der Waals surface area contributed by atoms with Crippen LogP contribution < -0.4 is 0 Å². The van der Waals surface area contributed by atoms with Gasteiger partial charge in [-0.25, -0.2) is 0 Å². The van der Waals surface area contributed by atoms with Gasteiger partial charge in [-0.3, -0.25) is 9.59 Å². The molecular formula is C13H16O4. The van der Waals surface area contributed by atoms with Gasteiger partial charge in [-0.15, -0.1) is 0 Å². The van der Waals surface area contributed by atoms with Gasteiger partial charge < -0.3 is 10.2 Å². The molecule has 0 bridgehead atoms. The number of carbonyl (C=O) groups excluding carboxylic acids is 1. The van der Waals surface area contributed by atoms with Crippen molar-refractivity contribution in [2.75, 3.05) is 0 Å². The Morgan fingerprint density at radius 1 is 1.12 bits per heavy atom. The SMILES string of the molecule is Cc1cc(C(=O)CCC(=O)O)c(C)c(C)c1O. The van der Waals surface area contributed by atoms with Crippen LogP contribution >= 0.6 is 0 Å². The van der Waals surface area contributed by atoms with Crippen LogP contribution in [0, 0.1) is 20.8 Å². The van der Waals surface area contributed by atoms with E-state index in [1.807, 2.05) is 0 Å². The lowest BCUT2D eigenvalue weighted by atomic mass is 9.94. The van der Waals surface area contributed by atoms with Gasteiger partial charge in [0.25, 0.3) is 0 Å². The van der Waals surface area contributed by atoms with E-state index in [-0.39, 0.29) is 24.4 Å². The number of carboxylic acid groups (broad SMARTS) is 1. The molecule has 17 heavy (non-hydrogen) atoms. The van der Waals surface area contributed by atoms with Crippen molar-refractivity contribution in [3.63, 3.8) is 0 Å². The van der Waals surface area contributed by atoms with Crippen molar-refractivity contribution in [3.8, 4) is 5.75 Å². The van der Waals surface area contributed by atoms with Crippen LogP contribution in [0.5, 0.6) is 5.75 Å². The second-order valence-electron chi connectivity index (χ2n) is 4.16. The number of phenolic OH excluding ortho intramolecular Hbond substituents is 1. The number of carboxylic acids is 1. The van der Waals surface area contributed by atoms with E-state index in [4.69, 9.17) is 5.11 Å². The summed E-state index contributed by atoms with van der Waals surface area (Å²) in [7, 11) is 0. The first-order valence-electron chi connectivity index (χ1n) is 5.39. The maximum absolute atomic E-state index is 11.8. The smallest absolute Gasteiger partial charge is 0.303 e. The van der Waals surface area contributed by atoms with E-state index in [2.05, 4.69) is 0 Å². The van der Waals surface area contributed by atoms with Crippen LogP contribution in [0.25, 0.3) is 0 Å². The molecule has 2 N–H and O–H groups in total. The topological polar surface area (TPSA) is 74.6 Å². The summed E-state index contributed by atoms with van der Waals surface area (Å²) in [6, 6.07) is 1.61. The predicted molar refractivity (Wildman–Crippen MR) is 63.5 cm³/mol. The Kier molecular flexibility index (Phi) is 3.89. The summed E-state index contributed by atoms with van der Waals surface area (Å²) in [5, 5.41) is 18.2. The Morgan fingerprint density at radius 2 is 1.71 bits per heavy atom. The molecule has 0 atom stereocenters. The molecule has 0 saturated heterocycles. The van der Waals surface area contributed by atoms with E-state index in [0.717, 1.165) is 0 Å². The van der Waals surface area contributed by atoms with Gasteiger partial charge in [0.2, 0.25) is 0 Å². The lowest BCUT2D eigenvalue weighted by molar-refractivity contribution is -0.136. The molecule has 4 nitrogen and oxygen atoms in total. The second kappa shape index (κ2) is 4.99. The number of ketones is 1. The molecule has 0 aliphatic rings. The molecule has 0 spiro atoms. The number of aryl methyl sites for hydroxylation is 1. The zero-order valence-corrected chi connectivity index (χ0v) is 10.2. The highest BCUT2D eigenvalue weighted by Gasteiger charge is 2.15. The first kappa shape index (κ1) is 13.2. The van der Waals surface area contributed by atoms with Crippen molar-refractivity contribution in [1.29, 1.82) is 0 Å². The highest BCUT2D eigenvalue weighted by molar-refractivity contribution is 5.99. The van der Waals surface area contributed by atoms with E-state index in [0.29, 0.717) is 22.3 Å². The molecule has 0 saturated carbocycles. The number of benzene rings is 1. The van der Waals surface area contributed by atoms with Crippen molar-refractivity contribution in [1.82, 2.24) is 0 Å². The number of hydrogen-bond donors (Lipinski definition) is 2. The Morgan fingerprint density at radius 3 is 2.24 bits per heavy atom. The van der Waals surface area contributed by atoms with Crippen molar-refractivity contribution in [2.45, 2.75) is 33.6 Å². The largest absolute Gasteiger partial charge is 0.507 e. The maximum Gasteiger partial charge on any atom is 0.303 e. The summed E-state index contributed by atoms with van der Waals surface area (Å²) in [5.41, 5.74) is 2.51.